The minimum absolute atomic E-state index is 0.630. The fourth-order valence-electron chi connectivity index (χ4n) is 2.03. The zero-order valence-corrected chi connectivity index (χ0v) is 10.8. The monoisotopic (exact) mass is 255 g/mol. The predicted molar refractivity (Wildman–Crippen MR) is 74.9 cm³/mol. The number of rotatable bonds is 2. The maximum absolute atomic E-state index is 10.4. The van der Waals surface area contributed by atoms with Gasteiger partial charge in [0.1, 0.15) is 6.10 Å². The van der Waals surface area contributed by atoms with Crippen LogP contribution in [-0.4, -0.2) is 10.1 Å². The molecule has 0 saturated carbocycles. The first-order valence-electron chi connectivity index (χ1n) is 5.83. The molecule has 0 aliphatic rings. The molecule has 0 amide bonds. The standard InChI is InChI=1S/C15H13NOS/c1-10-8-9-18-15(10)14(17)13-7-6-11-4-2-3-5-12(11)16-13/h2-9,14,17H,1H3. The van der Waals surface area contributed by atoms with Gasteiger partial charge < -0.3 is 5.11 Å². The van der Waals surface area contributed by atoms with Crippen molar-refractivity contribution in [3.63, 3.8) is 0 Å². The van der Waals surface area contributed by atoms with Gasteiger partial charge in [-0.1, -0.05) is 24.3 Å². The molecule has 0 spiro atoms. The van der Waals surface area contributed by atoms with E-state index in [0.29, 0.717) is 5.69 Å². The highest BCUT2D eigenvalue weighted by Gasteiger charge is 2.15. The summed E-state index contributed by atoms with van der Waals surface area (Å²) < 4.78 is 0. The third kappa shape index (κ3) is 1.92. The van der Waals surface area contributed by atoms with Gasteiger partial charge in [0.05, 0.1) is 11.2 Å². The zero-order chi connectivity index (χ0) is 12.5. The summed E-state index contributed by atoms with van der Waals surface area (Å²) in [5, 5.41) is 13.5. The van der Waals surface area contributed by atoms with Gasteiger partial charge in [-0.2, -0.15) is 0 Å². The van der Waals surface area contributed by atoms with Gasteiger partial charge in [-0.05, 0) is 36.1 Å². The van der Waals surface area contributed by atoms with Gasteiger partial charge in [-0.15, -0.1) is 11.3 Å². The van der Waals surface area contributed by atoms with Crippen molar-refractivity contribution in [3.8, 4) is 0 Å². The summed E-state index contributed by atoms with van der Waals surface area (Å²) in [6.45, 7) is 2.01. The van der Waals surface area contributed by atoms with E-state index in [-0.39, 0.29) is 0 Å². The molecule has 18 heavy (non-hydrogen) atoms. The Balaban J connectivity index is 2.07. The normalized spacial score (nSPS) is 12.8. The number of hydrogen-bond acceptors (Lipinski definition) is 3. The van der Waals surface area contributed by atoms with Crippen LogP contribution in [0.2, 0.25) is 0 Å². The zero-order valence-electron chi connectivity index (χ0n) is 10.00. The second-order valence-electron chi connectivity index (χ2n) is 4.30. The number of aliphatic hydroxyl groups excluding tert-OH is 1. The van der Waals surface area contributed by atoms with Gasteiger partial charge in [0, 0.05) is 10.3 Å². The van der Waals surface area contributed by atoms with Crippen LogP contribution in [0.15, 0.2) is 47.8 Å². The molecular weight excluding hydrogens is 242 g/mol. The Morgan fingerprint density at radius 1 is 1.11 bits per heavy atom. The molecule has 0 aliphatic carbocycles. The number of benzene rings is 1. The number of para-hydroxylation sites is 1. The summed E-state index contributed by atoms with van der Waals surface area (Å²) in [6, 6.07) is 13.9. The maximum Gasteiger partial charge on any atom is 0.130 e. The molecule has 1 aromatic carbocycles. The largest absolute Gasteiger partial charge is 0.381 e. The van der Waals surface area contributed by atoms with E-state index in [0.717, 1.165) is 21.3 Å². The smallest absolute Gasteiger partial charge is 0.130 e. The number of hydrogen-bond donors (Lipinski definition) is 1. The quantitative estimate of drug-likeness (QED) is 0.757. The van der Waals surface area contributed by atoms with E-state index in [4.69, 9.17) is 0 Å². The Morgan fingerprint density at radius 3 is 2.72 bits per heavy atom. The lowest BCUT2D eigenvalue weighted by Gasteiger charge is -2.10. The number of fused-ring (bicyclic) bond motifs is 1. The van der Waals surface area contributed by atoms with Gasteiger partial charge >= 0.3 is 0 Å². The topological polar surface area (TPSA) is 33.1 Å². The number of aryl methyl sites for hydroxylation is 1. The molecule has 3 aromatic rings. The van der Waals surface area contributed by atoms with Crippen molar-refractivity contribution < 1.29 is 5.11 Å². The Kier molecular flexibility index (Phi) is 2.86. The Bertz CT molecular complexity index is 690. The SMILES string of the molecule is Cc1ccsc1C(O)c1ccc2ccccc2n1. The predicted octanol–water partition coefficient (Wildman–Crippen LogP) is 3.69. The summed E-state index contributed by atoms with van der Waals surface area (Å²) in [5.41, 5.74) is 2.74. The van der Waals surface area contributed by atoms with Crippen LogP contribution < -0.4 is 0 Å². The Labute approximate surface area is 110 Å². The molecule has 2 aromatic heterocycles. The molecule has 3 rings (SSSR count). The number of thiophene rings is 1. The molecule has 0 saturated heterocycles. The summed E-state index contributed by atoms with van der Waals surface area (Å²) in [5.74, 6) is 0. The summed E-state index contributed by atoms with van der Waals surface area (Å²) >= 11 is 1.57. The van der Waals surface area contributed by atoms with Crippen LogP contribution in [0.25, 0.3) is 10.9 Å². The molecule has 90 valence electrons. The van der Waals surface area contributed by atoms with Crippen molar-refractivity contribution in [2.24, 2.45) is 0 Å². The first kappa shape index (κ1) is 11.4. The molecule has 0 aliphatic heterocycles. The Morgan fingerprint density at radius 2 is 1.94 bits per heavy atom. The number of nitrogens with zero attached hydrogens (tertiary/aromatic N) is 1. The van der Waals surface area contributed by atoms with Crippen LogP contribution in [-0.2, 0) is 0 Å². The minimum atomic E-state index is -0.630. The second-order valence-corrected chi connectivity index (χ2v) is 5.25. The lowest BCUT2D eigenvalue weighted by molar-refractivity contribution is 0.219. The second kappa shape index (κ2) is 4.52. The molecule has 0 fully saturated rings. The van der Waals surface area contributed by atoms with E-state index in [1.807, 2.05) is 54.8 Å². The molecule has 1 unspecified atom stereocenters. The van der Waals surface area contributed by atoms with Crippen molar-refractivity contribution in [2.75, 3.05) is 0 Å². The fourth-order valence-corrected chi connectivity index (χ4v) is 2.96. The van der Waals surface area contributed by atoms with Crippen LogP contribution in [0.4, 0.5) is 0 Å². The third-order valence-corrected chi connectivity index (χ3v) is 4.12. The number of pyridine rings is 1. The highest BCUT2D eigenvalue weighted by atomic mass is 32.1. The number of aromatic nitrogens is 1. The molecule has 0 bridgehead atoms. The van der Waals surface area contributed by atoms with Crippen molar-refractivity contribution >= 4 is 22.2 Å². The highest BCUT2D eigenvalue weighted by molar-refractivity contribution is 7.10. The van der Waals surface area contributed by atoms with Gasteiger partial charge in [0.15, 0.2) is 0 Å². The highest BCUT2D eigenvalue weighted by Crippen LogP contribution is 2.29. The molecule has 1 atom stereocenters. The van der Waals surface area contributed by atoms with Gasteiger partial charge in [-0.3, -0.25) is 0 Å². The molecule has 0 radical (unpaired) electrons. The summed E-state index contributed by atoms with van der Waals surface area (Å²) in [6.07, 6.45) is -0.630. The van der Waals surface area contributed by atoms with E-state index < -0.39 is 6.10 Å². The molecule has 2 heterocycles. The third-order valence-electron chi connectivity index (χ3n) is 3.05. The summed E-state index contributed by atoms with van der Waals surface area (Å²) in [7, 11) is 0. The van der Waals surface area contributed by atoms with E-state index in [1.54, 1.807) is 11.3 Å². The van der Waals surface area contributed by atoms with Crippen molar-refractivity contribution in [1.29, 1.82) is 0 Å². The molecule has 1 N–H and O–H groups in total. The van der Waals surface area contributed by atoms with Crippen LogP contribution in [0.3, 0.4) is 0 Å². The van der Waals surface area contributed by atoms with E-state index >= 15 is 0 Å². The van der Waals surface area contributed by atoms with Crippen LogP contribution in [0.1, 0.15) is 22.2 Å². The lowest BCUT2D eigenvalue weighted by atomic mass is 10.1. The van der Waals surface area contributed by atoms with Gasteiger partial charge in [-0.25, -0.2) is 4.98 Å². The van der Waals surface area contributed by atoms with Crippen molar-refractivity contribution in [1.82, 2.24) is 4.98 Å². The van der Waals surface area contributed by atoms with Crippen LogP contribution in [0, 0.1) is 6.92 Å². The number of aliphatic hydroxyl groups is 1. The molecule has 2 nitrogen and oxygen atoms in total. The lowest BCUT2D eigenvalue weighted by Crippen LogP contribution is -2.01. The minimum Gasteiger partial charge on any atom is -0.381 e. The first-order chi connectivity index (χ1) is 8.75. The summed E-state index contributed by atoms with van der Waals surface area (Å²) in [4.78, 5) is 5.50. The average Bonchev–Trinajstić information content (AvgIpc) is 2.83. The van der Waals surface area contributed by atoms with E-state index in [9.17, 15) is 5.11 Å². The van der Waals surface area contributed by atoms with Gasteiger partial charge in [0.2, 0.25) is 0 Å². The van der Waals surface area contributed by atoms with Gasteiger partial charge in [0.25, 0.3) is 0 Å². The molecule has 3 heteroatoms. The average molecular weight is 255 g/mol. The van der Waals surface area contributed by atoms with Crippen LogP contribution >= 0.6 is 11.3 Å². The van der Waals surface area contributed by atoms with E-state index in [1.165, 1.54) is 0 Å². The van der Waals surface area contributed by atoms with Crippen molar-refractivity contribution in [3.05, 3.63) is 64.0 Å². The van der Waals surface area contributed by atoms with Crippen molar-refractivity contribution in [2.45, 2.75) is 13.0 Å². The van der Waals surface area contributed by atoms with Crippen LogP contribution in [0.5, 0.6) is 0 Å². The Hall–Kier alpha value is -1.71. The fraction of sp³-hybridized carbons (Fsp3) is 0.133. The molecular formula is C15H13NOS. The first-order valence-corrected chi connectivity index (χ1v) is 6.71. The maximum atomic E-state index is 10.4. The van der Waals surface area contributed by atoms with E-state index in [2.05, 4.69) is 4.98 Å².